The molecular weight excluding hydrogens is 254 g/mol. The highest BCUT2D eigenvalue weighted by Gasteiger charge is 2.16. The highest BCUT2D eigenvalue weighted by atomic mass is 32.1. The number of thiophene rings is 1. The van der Waals surface area contributed by atoms with E-state index in [1.807, 2.05) is 31.3 Å². The molecule has 0 saturated heterocycles. The number of hydrogen-bond acceptors (Lipinski definition) is 3. The van der Waals surface area contributed by atoms with Gasteiger partial charge in [-0.15, -0.1) is 11.3 Å². The average Bonchev–Trinajstić information content (AvgIpc) is 3.04. The van der Waals surface area contributed by atoms with Crippen molar-refractivity contribution >= 4 is 17.2 Å². The number of rotatable bonds is 3. The molecule has 0 bridgehead atoms. The first-order valence-electron chi connectivity index (χ1n) is 6.15. The molecule has 0 aliphatic rings. The summed E-state index contributed by atoms with van der Waals surface area (Å²) in [6.45, 7) is 0. The molecule has 0 amide bonds. The number of hydrogen-bond donors (Lipinski definition) is 1. The van der Waals surface area contributed by atoms with Gasteiger partial charge >= 0.3 is 0 Å². The van der Waals surface area contributed by atoms with Crippen LogP contribution < -0.4 is 5.73 Å². The number of nitrogens with two attached hydrogens (primary N) is 1. The van der Waals surface area contributed by atoms with Crippen LogP contribution in [0.4, 0.5) is 5.82 Å². The molecule has 96 valence electrons. The fourth-order valence-electron chi connectivity index (χ4n) is 2.17. The second-order valence-electron chi connectivity index (χ2n) is 4.48. The van der Waals surface area contributed by atoms with Crippen molar-refractivity contribution in [3.05, 3.63) is 59.0 Å². The Morgan fingerprint density at radius 1 is 1.16 bits per heavy atom. The largest absolute Gasteiger partial charge is 0.384 e. The van der Waals surface area contributed by atoms with Crippen molar-refractivity contribution in [3.8, 4) is 10.6 Å². The molecule has 0 atom stereocenters. The van der Waals surface area contributed by atoms with E-state index in [0.29, 0.717) is 0 Å². The van der Waals surface area contributed by atoms with Crippen molar-refractivity contribution in [2.75, 3.05) is 5.73 Å². The maximum Gasteiger partial charge on any atom is 0.125 e. The van der Waals surface area contributed by atoms with Crippen molar-refractivity contribution in [2.24, 2.45) is 7.05 Å². The highest BCUT2D eigenvalue weighted by molar-refractivity contribution is 7.13. The minimum absolute atomic E-state index is 0.743. The minimum Gasteiger partial charge on any atom is -0.384 e. The minimum atomic E-state index is 0.743. The first-order chi connectivity index (χ1) is 9.25. The summed E-state index contributed by atoms with van der Waals surface area (Å²) in [5, 5.41) is 6.61. The summed E-state index contributed by atoms with van der Waals surface area (Å²) < 4.78 is 1.76. The quantitative estimate of drug-likeness (QED) is 0.792. The number of anilines is 1. The topological polar surface area (TPSA) is 43.8 Å². The zero-order valence-corrected chi connectivity index (χ0v) is 11.5. The molecule has 2 heterocycles. The lowest BCUT2D eigenvalue weighted by molar-refractivity contribution is 0.782. The molecule has 2 aromatic heterocycles. The van der Waals surface area contributed by atoms with Crippen LogP contribution in [-0.2, 0) is 13.5 Å². The third kappa shape index (κ3) is 2.27. The van der Waals surface area contributed by atoms with Crippen LogP contribution in [0, 0.1) is 0 Å². The third-order valence-electron chi connectivity index (χ3n) is 3.17. The lowest BCUT2D eigenvalue weighted by Gasteiger charge is -2.03. The number of nitrogen functional groups attached to an aromatic ring is 1. The zero-order chi connectivity index (χ0) is 13.2. The van der Waals surface area contributed by atoms with Crippen molar-refractivity contribution in [1.29, 1.82) is 0 Å². The van der Waals surface area contributed by atoms with E-state index in [0.717, 1.165) is 23.5 Å². The predicted molar refractivity (Wildman–Crippen MR) is 80.2 cm³/mol. The fourth-order valence-corrected chi connectivity index (χ4v) is 2.90. The predicted octanol–water partition coefficient (Wildman–Crippen LogP) is 3.32. The Morgan fingerprint density at radius 3 is 2.63 bits per heavy atom. The van der Waals surface area contributed by atoms with Crippen LogP contribution in [0.5, 0.6) is 0 Å². The molecule has 0 spiro atoms. The Labute approximate surface area is 116 Å². The molecule has 19 heavy (non-hydrogen) atoms. The molecule has 0 radical (unpaired) electrons. The van der Waals surface area contributed by atoms with Crippen LogP contribution in [0.1, 0.15) is 11.1 Å². The molecule has 4 heteroatoms. The number of benzene rings is 1. The summed E-state index contributed by atoms with van der Waals surface area (Å²) in [5.41, 5.74) is 9.52. The summed E-state index contributed by atoms with van der Waals surface area (Å²) in [7, 11) is 1.89. The van der Waals surface area contributed by atoms with Gasteiger partial charge in [-0.25, -0.2) is 0 Å². The summed E-state index contributed by atoms with van der Waals surface area (Å²) in [6.07, 6.45) is 0.813. The fraction of sp³-hybridized carbons (Fsp3) is 0.133. The number of aryl methyl sites for hydroxylation is 1. The molecule has 2 N–H and O–H groups in total. The first kappa shape index (κ1) is 12.0. The molecule has 1 aromatic carbocycles. The maximum atomic E-state index is 6.16. The summed E-state index contributed by atoms with van der Waals surface area (Å²) >= 11 is 1.69. The van der Waals surface area contributed by atoms with Gasteiger partial charge in [0.1, 0.15) is 11.5 Å². The Kier molecular flexibility index (Phi) is 3.09. The van der Waals surface area contributed by atoms with E-state index in [-0.39, 0.29) is 0 Å². The lowest BCUT2D eigenvalue weighted by Crippen LogP contribution is -2.00. The first-order valence-corrected chi connectivity index (χ1v) is 7.03. The second-order valence-corrected chi connectivity index (χ2v) is 5.42. The molecule has 3 rings (SSSR count). The third-order valence-corrected chi connectivity index (χ3v) is 4.05. The van der Waals surface area contributed by atoms with Crippen molar-refractivity contribution in [1.82, 2.24) is 9.78 Å². The van der Waals surface area contributed by atoms with E-state index in [4.69, 9.17) is 5.73 Å². The van der Waals surface area contributed by atoms with Gasteiger partial charge in [-0.2, -0.15) is 5.10 Å². The van der Waals surface area contributed by atoms with Gasteiger partial charge in [-0.05, 0) is 17.0 Å². The number of aromatic nitrogens is 2. The van der Waals surface area contributed by atoms with Crippen LogP contribution in [0.2, 0.25) is 0 Å². The molecule has 3 nitrogen and oxygen atoms in total. The van der Waals surface area contributed by atoms with E-state index in [9.17, 15) is 0 Å². The van der Waals surface area contributed by atoms with Crippen molar-refractivity contribution in [3.63, 3.8) is 0 Å². The SMILES string of the molecule is Cn1nc(-c2cccs2)c(Cc2ccccc2)c1N. The van der Waals surface area contributed by atoms with E-state index < -0.39 is 0 Å². The van der Waals surface area contributed by atoms with Crippen LogP contribution in [-0.4, -0.2) is 9.78 Å². The van der Waals surface area contributed by atoms with Crippen LogP contribution in [0.3, 0.4) is 0 Å². The van der Waals surface area contributed by atoms with Crippen molar-refractivity contribution < 1.29 is 0 Å². The molecular formula is C15H15N3S. The van der Waals surface area contributed by atoms with Crippen LogP contribution in [0.25, 0.3) is 10.6 Å². The van der Waals surface area contributed by atoms with E-state index >= 15 is 0 Å². The molecule has 0 aliphatic heterocycles. The van der Waals surface area contributed by atoms with Gasteiger partial charge in [0, 0.05) is 19.0 Å². The van der Waals surface area contributed by atoms with Gasteiger partial charge in [0.25, 0.3) is 0 Å². The van der Waals surface area contributed by atoms with Crippen LogP contribution >= 0.6 is 11.3 Å². The Bertz CT molecular complexity index is 669. The zero-order valence-electron chi connectivity index (χ0n) is 10.7. The summed E-state index contributed by atoms with van der Waals surface area (Å²) in [4.78, 5) is 1.17. The van der Waals surface area contributed by atoms with Crippen molar-refractivity contribution in [2.45, 2.75) is 6.42 Å². The van der Waals surface area contributed by atoms with Gasteiger partial charge in [-0.1, -0.05) is 36.4 Å². The maximum absolute atomic E-state index is 6.16. The van der Waals surface area contributed by atoms with Gasteiger partial charge in [-0.3, -0.25) is 4.68 Å². The highest BCUT2D eigenvalue weighted by Crippen LogP contribution is 2.31. The van der Waals surface area contributed by atoms with Gasteiger partial charge in [0.2, 0.25) is 0 Å². The molecule has 0 unspecified atom stereocenters. The molecule has 0 fully saturated rings. The van der Waals surface area contributed by atoms with Crippen LogP contribution in [0.15, 0.2) is 47.8 Å². The van der Waals surface area contributed by atoms with Gasteiger partial charge in [0.05, 0.1) is 4.88 Å². The van der Waals surface area contributed by atoms with E-state index in [2.05, 4.69) is 28.7 Å². The van der Waals surface area contributed by atoms with E-state index in [1.54, 1.807) is 16.0 Å². The normalized spacial score (nSPS) is 10.8. The Morgan fingerprint density at radius 2 is 1.95 bits per heavy atom. The lowest BCUT2D eigenvalue weighted by atomic mass is 10.0. The van der Waals surface area contributed by atoms with E-state index in [1.165, 1.54) is 10.4 Å². The number of nitrogens with zero attached hydrogens (tertiary/aromatic N) is 2. The monoisotopic (exact) mass is 269 g/mol. The average molecular weight is 269 g/mol. The Balaban J connectivity index is 2.05. The molecule has 3 aromatic rings. The molecule has 0 aliphatic carbocycles. The molecule has 0 saturated carbocycles. The standard InChI is InChI=1S/C15H15N3S/c1-18-15(16)12(10-11-6-3-2-4-7-11)14(17-18)13-8-5-9-19-13/h2-9H,10,16H2,1H3. The summed E-state index contributed by atoms with van der Waals surface area (Å²) in [5.74, 6) is 0.743. The second kappa shape index (κ2) is 4.90. The summed E-state index contributed by atoms with van der Waals surface area (Å²) in [6, 6.07) is 14.5. The van der Waals surface area contributed by atoms with Gasteiger partial charge in [0.15, 0.2) is 0 Å². The van der Waals surface area contributed by atoms with Gasteiger partial charge < -0.3 is 5.73 Å². The smallest absolute Gasteiger partial charge is 0.125 e. The Hall–Kier alpha value is -2.07.